The fraction of sp³-hybridized carbons (Fsp3) is 0.167. The maximum atomic E-state index is 12.3. The highest BCUT2D eigenvalue weighted by molar-refractivity contribution is 7.09. The Morgan fingerprint density at radius 1 is 1.09 bits per heavy atom. The summed E-state index contributed by atoms with van der Waals surface area (Å²) in [7, 11) is 0. The molecule has 0 atom stereocenters. The van der Waals surface area contributed by atoms with Gasteiger partial charge in [0.2, 0.25) is 5.91 Å². The van der Waals surface area contributed by atoms with Crippen molar-refractivity contribution in [3.8, 4) is 0 Å². The van der Waals surface area contributed by atoms with E-state index in [0.29, 0.717) is 22.8 Å². The Labute approximate surface area is 189 Å². The second-order valence-electron chi connectivity index (χ2n) is 7.31. The normalized spacial score (nSPS) is 10.7. The molecule has 0 spiro atoms. The van der Waals surface area contributed by atoms with Crippen molar-refractivity contribution in [2.24, 2.45) is 0 Å². The predicted octanol–water partition coefficient (Wildman–Crippen LogP) is 4.23. The number of aromatic nitrogens is 3. The van der Waals surface area contributed by atoms with Crippen LogP contribution >= 0.6 is 11.3 Å². The maximum Gasteiger partial charge on any atom is 0.341 e. The van der Waals surface area contributed by atoms with Crippen molar-refractivity contribution in [2.45, 2.75) is 26.5 Å². The average Bonchev–Trinajstić information content (AvgIpc) is 3.44. The second kappa shape index (κ2) is 10.0. The Bertz CT molecular complexity index is 1200. The van der Waals surface area contributed by atoms with E-state index < -0.39 is 5.97 Å². The van der Waals surface area contributed by atoms with E-state index in [-0.39, 0.29) is 18.9 Å². The van der Waals surface area contributed by atoms with E-state index in [9.17, 15) is 9.59 Å². The topological polar surface area (TPSA) is 86.1 Å². The molecule has 0 unspecified atom stereocenters. The van der Waals surface area contributed by atoms with Gasteiger partial charge < -0.3 is 10.1 Å². The third-order valence-electron chi connectivity index (χ3n) is 4.65. The number of esters is 1. The van der Waals surface area contributed by atoms with Gasteiger partial charge in [0, 0.05) is 17.3 Å². The molecule has 4 rings (SSSR count). The molecule has 32 heavy (non-hydrogen) atoms. The summed E-state index contributed by atoms with van der Waals surface area (Å²) in [5, 5.41) is 9.53. The number of thiazole rings is 1. The Morgan fingerprint density at radius 2 is 1.88 bits per heavy atom. The van der Waals surface area contributed by atoms with Crippen LogP contribution in [0.5, 0.6) is 0 Å². The molecular weight excluding hydrogens is 424 g/mol. The average molecular weight is 447 g/mol. The number of rotatable bonds is 8. The second-order valence-corrected chi connectivity index (χ2v) is 8.25. The van der Waals surface area contributed by atoms with E-state index in [4.69, 9.17) is 4.74 Å². The first-order valence-corrected chi connectivity index (χ1v) is 11.0. The molecule has 0 aliphatic rings. The molecule has 7 nitrogen and oxygen atoms in total. The van der Waals surface area contributed by atoms with Gasteiger partial charge in [-0.2, -0.15) is 5.10 Å². The molecule has 8 heteroatoms. The van der Waals surface area contributed by atoms with E-state index in [2.05, 4.69) is 15.4 Å². The largest absolute Gasteiger partial charge is 0.455 e. The van der Waals surface area contributed by atoms with Gasteiger partial charge >= 0.3 is 5.97 Å². The van der Waals surface area contributed by atoms with E-state index in [1.165, 1.54) is 17.5 Å². The number of carbonyl (C=O) groups excluding carboxylic acids is 2. The van der Waals surface area contributed by atoms with Crippen LogP contribution in [0.2, 0.25) is 0 Å². The minimum Gasteiger partial charge on any atom is -0.455 e. The van der Waals surface area contributed by atoms with Crippen LogP contribution in [0.15, 0.2) is 72.4 Å². The number of amides is 1. The Hall–Kier alpha value is -3.78. The van der Waals surface area contributed by atoms with Crippen molar-refractivity contribution in [3.63, 3.8) is 0 Å². The van der Waals surface area contributed by atoms with Crippen LogP contribution in [-0.2, 0) is 29.1 Å². The molecule has 0 aliphatic heterocycles. The Morgan fingerprint density at radius 3 is 2.66 bits per heavy atom. The summed E-state index contributed by atoms with van der Waals surface area (Å²) in [5.41, 5.74) is 3.97. The molecule has 0 fully saturated rings. The summed E-state index contributed by atoms with van der Waals surface area (Å²) in [4.78, 5) is 28.9. The lowest BCUT2D eigenvalue weighted by Crippen LogP contribution is -2.14. The number of aryl methyl sites for hydroxylation is 1. The molecule has 0 aliphatic carbocycles. The maximum absolute atomic E-state index is 12.3. The first-order chi connectivity index (χ1) is 15.5. The van der Waals surface area contributed by atoms with Gasteiger partial charge in [0.05, 0.1) is 30.4 Å². The summed E-state index contributed by atoms with van der Waals surface area (Å²) in [6.45, 7) is 2.61. The lowest BCUT2D eigenvalue weighted by Gasteiger charge is -2.04. The van der Waals surface area contributed by atoms with Crippen LogP contribution in [-0.4, -0.2) is 26.6 Å². The standard InChI is InChI=1S/C24H22N4O3S/c1-17-7-9-20(10-8-17)26-22(29)11-23-27-21(16-32-23)15-31-24(30)19-12-25-28(14-19)13-18-5-3-2-4-6-18/h2-10,12,14,16H,11,13,15H2,1H3,(H,26,29). The Kier molecular flexibility index (Phi) is 6.72. The highest BCUT2D eigenvalue weighted by Crippen LogP contribution is 2.14. The fourth-order valence-corrected chi connectivity index (χ4v) is 3.80. The molecule has 2 aromatic heterocycles. The number of ether oxygens (including phenoxy) is 1. The number of nitrogens with zero attached hydrogens (tertiary/aromatic N) is 3. The van der Waals surface area contributed by atoms with E-state index >= 15 is 0 Å². The van der Waals surface area contributed by atoms with Crippen molar-refractivity contribution in [2.75, 3.05) is 5.32 Å². The number of hydrogen-bond donors (Lipinski definition) is 1. The Balaban J connectivity index is 1.26. The fourth-order valence-electron chi connectivity index (χ4n) is 3.02. The van der Waals surface area contributed by atoms with Crippen LogP contribution in [0.25, 0.3) is 0 Å². The van der Waals surface area contributed by atoms with Crippen molar-refractivity contribution >= 4 is 28.9 Å². The number of benzene rings is 2. The summed E-state index contributed by atoms with van der Waals surface area (Å²) in [6, 6.07) is 17.5. The smallest absolute Gasteiger partial charge is 0.341 e. The molecule has 0 bridgehead atoms. The van der Waals surface area contributed by atoms with Crippen molar-refractivity contribution in [1.29, 1.82) is 0 Å². The molecular formula is C24H22N4O3S. The molecule has 1 N–H and O–H groups in total. The minimum atomic E-state index is -0.462. The first kappa shape index (κ1) is 21.5. The van der Waals surface area contributed by atoms with Gasteiger partial charge in [0.1, 0.15) is 11.6 Å². The summed E-state index contributed by atoms with van der Waals surface area (Å²) in [5.74, 6) is -0.603. The highest BCUT2D eigenvalue weighted by atomic mass is 32.1. The number of carbonyl (C=O) groups is 2. The minimum absolute atomic E-state index is 0.0405. The number of hydrogen-bond acceptors (Lipinski definition) is 6. The SMILES string of the molecule is Cc1ccc(NC(=O)Cc2nc(COC(=O)c3cnn(Cc4ccccc4)c3)cs2)cc1. The molecule has 1 amide bonds. The van der Waals surface area contributed by atoms with E-state index in [1.54, 1.807) is 16.3 Å². The molecule has 162 valence electrons. The summed E-state index contributed by atoms with van der Waals surface area (Å²) >= 11 is 1.36. The van der Waals surface area contributed by atoms with Gasteiger partial charge in [-0.15, -0.1) is 11.3 Å². The van der Waals surface area contributed by atoms with Crippen molar-refractivity contribution in [3.05, 3.63) is 99.8 Å². The molecule has 4 aromatic rings. The van der Waals surface area contributed by atoms with Crippen LogP contribution in [0.3, 0.4) is 0 Å². The van der Waals surface area contributed by atoms with Gasteiger partial charge in [-0.3, -0.25) is 9.48 Å². The lowest BCUT2D eigenvalue weighted by atomic mass is 10.2. The van der Waals surface area contributed by atoms with Gasteiger partial charge in [0.15, 0.2) is 0 Å². The van der Waals surface area contributed by atoms with Crippen LogP contribution in [0.1, 0.15) is 32.2 Å². The molecule has 0 saturated carbocycles. The van der Waals surface area contributed by atoms with E-state index in [0.717, 1.165) is 16.8 Å². The van der Waals surface area contributed by atoms with Crippen LogP contribution < -0.4 is 5.32 Å². The zero-order valence-electron chi connectivity index (χ0n) is 17.5. The van der Waals surface area contributed by atoms with Gasteiger partial charge in [-0.1, -0.05) is 48.0 Å². The highest BCUT2D eigenvalue weighted by Gasteiger charge is 2.13. The van der Waals surface area contributed by atoms with Gasteiger partial charge in [-0.05, 0) is 24.6 Å². The molecule has 0 saturated heterocycles. The third kappa shape index (κ3) is 5.89. The predicted molar refractivity (Wildman–Crippen MR) is 123 cm³/mol. The zero-order valence-corrected chi connectivity index (χ0v) is 18.3. The quantitative estimate of drug-likeness (QED) is 0.409. The summed E-state index contributed by atoms with van der Waals surface area (Å²) in [6.07, 6.45) is 3.32. The van der Waals surface area contributed by atoms with Gasteiger partial charge in [0.25, 0.3) is 0 Å². The van der Waals surface area contributed by atoms with Crippen molar-refractivity contribution < 1.29 is 14.3 Å². The lowest BCUT2D eigenvalue weighted by molar-refractivity contribution is -0.115. The zero-order chi connectivity index (χ0) is 22.3. The number of anilines is 1. The van der Waals surface area contributed by atoms with Crippen LogP contribution in [0.4, 0.5) is 5.69 Å². The molecule has 2 aromatic carbocycles. The van der Waals surface area contributed by atoms with Gasteiger partial charge in [-0.25, -0.2) is 9.78 Å². The first-order valence-electron chi connectivity index (χ1n) is 10.1. The van der Waals surface area contributed by atoms with Crippen molar-refractivity contribution in [1.82, 2.24) is 14.8 Å². The third-order valence-corrected chi connectivity index (χ3v) is 5.55. The molecule has 2 heterocycles. The van der Waals surface area contributed by atoms with E-state index in [1.807, 2.05) is 61.5 Å². The monoisotopic (exact) mass is 446 g/mol. The summed E-state index contributed by atoms with van der Waals surface area (Å²) < 4.78 is 7.05. The van der Waals surface area contributed by atoms with Crippen LogP contribution in [0, 0.1) is 6.92 Å². The molecule has 0 radical (unpaired) electrons. The number of nitrogens with one attached hydrogen (secondary N) is 1.